The Morgan fingerprint density at radius 1 is 1.09 bits per heavy atom. The number of ether oxygens (including phenoxy) is 1. The monoisotopic (exact) mass is 483 g/mol. The van der Waals surface area contributed by atoms with Gasteiger partial charge in [0, 0.05) is 43.6 Å². The van der Waals surface area contributed by atoms with Gasteiger partial charge in [0.05, 0.1) is 34.5 Å². The minimum atomic E-state index is -0.0678. The largest absolute Gasteiger partial charge is 0.378 e. The maximum absolute atomic E-state index is 12.7. The standard InChI is InChI=1S/C23H22ClN5O3S/c1-28-18-5-2-14(19(30)6-7-21(31)29-8-10-32-11-9-29)12-17(18)25-22(28)27-23-26-16-4-3-15(24)13-20(16)33-23/h2-5,12-13H,6-11H2,1H3,(H,25,26,27). The number of aryl methyl sites for hydroxylation is 1. The number of fused-ring (bicyclic) bond motifs is 2. The number of rotatable bonds is 6. The van der Waals surface area contributed by atoms with Crippen molar-refractivity contribution in [1.82, 2.24) is 19.4 Å². The van der Waals surface area contributed by atoms with Gasteiger partial charge < -0.3 is 19.5 Å². The number of nitrogens with zero attached hydrogens (tertiary/aromatic N) is 4. The number of thiazole rings is 1. The maximum Gasteiger partial charge on any atom is 0.223 e. The molecular weight excluding hydrogens is 462 g/mol. The number of nitrogens with one attached hydrogen (secondary N) is 1. The molecule has 1 fully saturated rings. The molecule has 0 radical (unpaired) electrons. The van der Waals surface area contributed by atoms with E-state index < -0.39 is 0 Å². The quantitative estimate of drug-likeness (QED) is 0.409. The van der Waals surface area contributed by atoms with Crippen LogP contribution in [0, 0.1) is 0 Å². The number of Topliss-reactive ketones (excluding diaryl/α,β-unsaturated/α-hetero) is 1. The second kappa shape index (κ2) is 9.09. The summed E-state index contributed by atoms with van der Waals surface area (Å²) >= 11 is 7.57. The van der Waals surface area contributed by atoms with Crippen LogP contribution in [0.1, 0.15) is 23.2 Å². The van der Waals surface area contributed by atoms with Crippen molar-refractivity contribution in [2.24, 2.45) is 7.05 Å². The maximum atomic E-state index is 12.7. The van der Waals surface area contributed by atoms with E-state index in [1.807, 2.05) is 35.9 Å². The van der Waals surface area contributed by atoms with Gasteiger partial charge in [0.15, 0.2) is 10.9 Å². The van der Waals surface area contributed by atoms with Crippen LogP contribution in [-0.2, 0) is 16.6 Å². The lowest BCUT2D eigenvalue weighted by Crippen LogP contribution is -2.40. The third kappa shape index (κ3) is 4.57. The van der Waals surface area contributed by atoms with Crippen molar-refractivity contribution in [2.45, 2.75) is 12.8 Å². The number of aromatic nitrogens is 3. The lowest BCUT2D eigenvalue weighted by molar-refractivity contribution is -0.135. The smallest absolute Gasteiger partial charge is 0.223 e. The fraction of sp³-hybridized carbons (Fsp3) is 0.304. The molecule has 1 N–H and O–H groups in total. The molecule has 4 aromatic rings. The van der Waals surface area contributed by atoms with E-state index in [2.05, 4.69) is 15.3 Å². The summed E-state index contributed by atoms with van der Waals surface area (Å²) in [7, 11) is 1.91. The molecule has 1 aliphatic heterocycles. The number of halogens is 1. The lowest BCUT2D eigenvalue weighted by Gasteiger charge is -2.26. The Bertz CT molecular complexity index is 1360. The first kappa shape index (κ1) is 21.8. The van der Waals surface area contributed by atoms with Gasteiger partial charge in [0.2, 0.25) is 11.9 Å². The normalized spacial score (nSPS) is 14.2. The van der Waals surface area contributed by atoms with Crippen molar-refractivity contribution in [3.8, 4) is 0 Å². The minimum absolute atomic E-state index is 0.00540. The summed E-state index contributed by atoms with van der Waals surface area (Å²) in [6, 6.07) is 11.0. The molecule has 1 saturated heterocycles. The van der Waals surface area contributed by atoms with Gasteiger partial charge in [0.1, 0.15) is 0 Å². The van der Waals surface area contributed by atoms with Crippen LogP contribution in [0.4, 0.5) is 11.1 Å². The molecule has 0 aliphatic carbocycles. The third-order valence-electron chi connectivity index (χ3n) is 5.70. The first-order valence-electron chi connectivity index (χ1n) is 10.7. The predicted octanol–water partition coefficient (Wildman–Crippen LogP) is 4.40. The molecule has 33 heavy (non-hydrogen) atoms. The number of imidazole rings is 1. The highest BCUT2D eigenvalue weighted by Crippen LogP contribution is 2.31. The van der Waals surface area contributed by atoms with Crippen LogP contribution in [0.3, 0.4) is 0 Å². The summed E-state index contributed by atoms with van der Waals surface area (Å²) in [5.74, 6) is 0.554. The molecular formula is C23H22ClN5O3S. The van der Waals surface area contributed by atoms with Gasteiger partial charge in [-0.25, -0.2) is 9.97 Å². The third-order valence-corrected chi connectivity index (χ3v) is 6.87. The second-order valence-electron chi connectivity index (χ2n) is 7.87. The van der Waals surface area contributed by atoms with Gasteiger partial charge >= 0.3 is 0 Å². The van der Waals surface area contributed by atoms with E-state index in [1.165, 1.54) is 11.3 Å². The number of amides is 1. The van der Waals surface area contributed by atoms with Crippen molar-refractivity contribution < 1.29 is 14.3 Å². The fourth-order valence-corrected chi connectivity index (χ4v) is 5.00. The Morgan fingerprint density at radius 3 is 2.73 bits per heavy atom. The van der Waals surface area contributed by atoms with Gasteiger partial charge in [0.25, 0.3) is 0 Å². The fourth-order valence-electron chi connectivity index (χ4n) is 3.87. The highest BCUT2D eigenvalue weighted by molar-refractivity contribution is 7.22. The van der Waals surface area contributed by atoms with E-state index in [1.54, 1.807) is 17.0 Å². The molecule has 170 valence electrons. The average Bonchev–Trinajstić information content (AvgIpc) is 3.37. The Hall–Kier alpha value is -3.01. The van der Waals surface area contributed by atoms with Crippen molar-refractivity contribution in [3.05, 3.63) is 47.0 Å². The minimum Gasteiger partial charge on any atom is -0.378 e. The lowest BCUT2D eigenvalue weighted by atomic mass is 10.1. The second-order valence-corrected chi connectivity index (χ2v) is 9.34. The van der Waals surface area contributed by atoms with Crippen molar-refractivity contribution in [2.75, 3.05) is 31.6 Å². The highest BCUT2D eigenvalue weighted by Gasteiger charge is 2.19. The van der Waals surface area contributed by atoms with E-state index in [-0.39, 0.29) is 24.5 Å². The zero-order valence-corrected chi connectivity index (χ0v) is 19.6. The van der Waals surface area contributed by atoms with E-state index in [0.29, 0.717) is 53.5 Å². The predicted molar refractivity (Wildman–Crippen MR) is 130 cm³/mol. The summed E-state index contributed by atoms with van der Waals surface area (Å²) < 4.78 is 8.18. The molecule has 0 unspecified atom stereocenters. The van der Waals surface area contributed by atoms with Gasteiger partial charge in [-0.05, 0) is 36.4 Å². The molecule has 5 rings (SSSR count). The number of benzene rings is 2. The number of carbonyl (C=O) groups is 2. The Kier molecular flexibility index (Phi) is 6.01. The van der Waals surface area contributed by atoms with Gasteiger partial charge in [-0.3, -0.25) is 9.59 Å². The summed E-state index contributed by atoms with van der Waals surface area (Å²) in [5.41, 5.74) is 3.01. The zero-order valence-electron chi connectivity index (χ0n) is 18.0. The van der Waals surface area contributed by atoms with Crippen LogP contribution in [0.2, 0.25) is 5.02 Å². The summed E-state index contributed by atoms with van der Waals surface area (Å²) in [4.78, 5) is 36.1. The Morgan fingerprint density at radius 2 is 1.91 bits per heavy atom. The van der Waals surface area contributed by atoms with E-state index >= 15 is 0 Å². The molecule has 0 spiro atoms. The number of anilines is 2. The number of morpholine rings is 1. The van der Waals surface area contributed by atoms with Crippen molar-refractivity contribution in [1.29, 1.82) is 0 Å². The molecule has 0 saturated carbocycles. The average molecular weight is 484 g/mol. The molecule has 2 aromatic carbocycles. The number of ketones is 1. The number of carbonyl (C=O) groups excluding carboxylic acids is 2. The van der Waals surface area contributed by atoms with Crippen LogP contribution < -0.4 is 5.32 Å². The highest BCUT2D eigenvalue weighted by atomic mass is 35.5. The van der Waals surface area contributed by atoms with Gasteiger partial charge in [-0.15, -0.1) is 0 Å². The first-order chi connectivity index (χ1) is 16.0. The zero-order chi connectivity index (χ0) is 22.9. The summed E-state index contributed by atoms with van der Waals surface area (Å²) in [6.07, 6.45) is 0.376. The molecule has 1 amide bonds. The van der Waals surface area contributed by atoms with Crippen LogP contribution in [0.5, 0.6) is 0 Å². The summed E-state index contributed by atoms with van der Waals surface area (Å²) in [6.45, 7) is 2.28. The van der Waals surface area contributed by atoms with E-state index in [0.717, 1.165) is 15.7 Å². The molecule has 3 heterocycles. The first-order valence-corrected chi connectivity index (χ1v) is 11.9. The van der Waals surface area contributed by atoms with Crippen LogP contribution in [-0.4, -0.2) is 57.4 Å². The molecule has 2 aromatic heterocycles. The molecule has 1 aliphatic rings. The molecule has 10 heteroatoms. The van der Waals surface area contributed by atoms with Gasteiger partial charge in [-0.2, -0.15) is 0 Å². The Balaban J connectivity index is 1.30. The van der Waals surface area contributed by atoms with Crippen LogP contribution >= 0.6 is 22.9 Å². The van der Waals surface area contributed by atoms with Crippen molar-refractivity contribution in [3.63, 3.8) is 0 Å². The van der Waals surface area contributed by atoms with Gasteiger partial charge in [-0.1, -0.05) is 22.9 Å². The Labute approximate surface area is 199 Å². The van der Waals surface area contributed by atoms with Crippen molar-refractivity contribution >= 4 is 67.0 Å². The number of hydrogen-bond donors (Lipinski definition) is 1. The summed E-state index contributed by atoms with van der Waals surface area (Å²) in [5, 5.41) is 4.65. The van der Waals surface area contributed by atoms with E-state index in [9.17, 15) is 9.59 Å². The molecule has 0 bridgehead atoms. The van der Waals surface area contributed by atoms with Crippen LogP contribution in [0.15, 0.2) is 36.4 Å². The molecule has 8 nitrogen and oxygen atoms in total. The topological polar surface area (TPSA) is 89.3 Å². The SMILES string of the molecule is Cn1c(Nc2nc3ccc(Cl)cc3s2)nc2cc(C(=O)CCC(=O)N3CCOCC3)ccc21. The number of hydrogen-bond acceptors (Lipinski definition) is 7. The van der Waals surface area contributed by atoms with Crippen LogP contribution in [0.25, 0.3) is 21.3 Å². The molecule has 0 atom stereocenters. The van der Waals surface area contributed by atoms with E-state index in [4.69, 9.17) is 16.3 Å².